The van der Waals surface area contributed by atoms with Gasteiger partial charge < -0.3 is 11.5 Å². The van der Waals surface area contributed by atoms with Crippen molar-refractivity contribution in [2.75, 3.05) is 5.73 Å². The third kappa shape index (κ3) is 2.82. The molecule has 24 heavy (non-hydrogen) atoms. The molecule has 0 atom stereocenters. The Morgan fingerprint density at radius 1 is 0.750 bits per heavy atom. The number of hydrogen-bond donors (Lipinski definition) is 2. The third-order valence-corrected chi connectivity index (χ3v) is 3.77. The SMILES string of the molecule is NCc1cccc(C(c2cccc(N)c2)(C(F)(F)F)C(F)(F)F)c1. The monoisotopic (exact) mass is 348 g/mol. The normalized spacial score (nSPS) is 13.1. The van der Waals surface area contributed by atoms with Gasteiger partial charge in [-0.15, -0.1) is 0 Å². The maximum absolute atomic E-state index is 13.8. The molecule has 0 bridgehead atoms. The van der Waals surface area contributed by atoms with Crippen LogP contribution in [-0.4, -0.2) is 12.4 Å². The lowest BCUT2D eigenvalue weighted by molar-refractivity contribution is -0.288. The van der Waals surface area contributed by atoms with Gasteiger partial charge in [-0.05, 0) is 28.8 Å². The Labute approximate surface area is 134 Å². The Kier molecular flexibility index (Phi) is 4.54. The summed E-state index contributed by atoms with van der Waals surface area (Å²) < 4.78 is 82.9. The fraction of sp³-hybridized carbons (Fsp3) is 0.250. The summed E-state index contributed by atoms with van der Waals surface area (Å²) >= 11 is 0. The highest BCUT2D eigenvalue weighted by atomic mass is 19.4. The Morgan fingerprint density at radius 3 is 1.71 bits per heavy atom. The van der Waals surface area contributed by atoms with Crippen LogP contribution in [0.25, 0.3) is 0 Å². The summed E-state index contributed by atoms with van der Waals surface area (Å²) in [6.45, 7) is -0.184. The van der Waals surface area contributed by atoms with Gasteiger partial charge in [0.05, 0.1) is 0 Å². The summed E-state index contributed by atoms with van der Waals surface area (Å²) in [4.78, 5) is 0. The van der Waals surface area contributed by atoms with Gasteiger partial charge in [0.15, 0.2) is 0 Å². The molecule has 2 aromatic carbocycles. The van der Waals surface area contributed by atoms with Gasteiger partial charge in [-0.1, -0.05) is 36.4 Å². The van der Waals surface area contributed by atoms with E-state index in [-0.39, 0.29) is 17.8 Å². The molecule has 0 heterocycles. The number of nitrogens with two attached hydrogens (primary N) is 2. The minimum atomic E-state index is -5.63. The van der Waals surface area contributed by atoms with E-state index >= 15 is 0 Å². The topological polar surface area (TPSA) is 52.0 Å². The zero-order chi connectivity index (χ0) is 18.2. The number of hydrogen-bond acceptors (Lipinski definition) is 2. The van der Waals surface area contributed by atoms with E-state index in [1.165, 1.54) is 12.1 Å². The predicted octanol–water partition coefficient (Wildman–Crippen LogP) is 4.14. The fourth-order valence-electron chi connectivity index (χ4n) is 2.69. The van der Waals surface area contributed by atoms with Crippen LogP contribution in [0.1, 0.15) is 16.7 Å². The summed E-state index contributed by atoms with van der Waals surface area (Å²) in [5, 5.41) is 0. The van der Waals surface area contributed by atoms with E-state index in [9.17, 15) is 26.3 Å². The van der Waals surface area contributed by atoms with Crippen LogP contribution >= 0.6 is 0 Å². The number of benzene rings is 2. The molecule has 2 rings (SSSR count). The molecule has 0 saturated carbocycles. The van der Waals surface area contributed by atoms with Crippen molar-refractivity contribution in [3.8, 4) is 0 Å². The van der Waals surface area contributed by atoms with E-state index < -0.39 is 28.9 Å². The summed E-state index contributed by atoms with van der Waals surface area (Å²) in [7, 11) is 0. The third-order valence-electron chi connectivity index (χ3n) is 3.77. The fourth-order valence-corrected chi connectivity index (χ4v) is 2.69. The van der Waals surface area contributed by atoms with Crippen LogP contribution in [0.5, 0.6) is 0 Å². The van der Waals surface area contributed by atoms with E-state index in [0.29, 0.717) is 6.07 Å². The van der Waals surface area contributed by atoms with Crippen LogP contribution in [0.4, 0.5) is 32.0 Å². The molecule has 2 aromatic rings. The van der Waals surface area contributed by atoms with E-state index in [0.717, 1.165) is 30.3 Å². The maximum Gasteiger partial charge on any atom is 0.411 e. The second-order valence-corrected chi connectivity index (χ2v) is 5.28. The highest BCUT2D eigenvalue weighted by Crippen LogP contribution is 2.56. The molecule has 130 valence electrons. The second-order valence-electron chi connectivity index (χ2n) is 5.28. The first kappa shape index (κ1) is 18.1. The average Bonchev–Trinajstić information content (AvgIpc) is 2.45. The quantitative estimate of drug-likeness (QED) is 0.647. The zero-order valence-electron chi connectivity index (χ0n) is 12.2. The molecule has 2 nitrogen and oxygen atoms in total. The standard InChI is InChI=1S/C16H14F6N2/c17-15(18,19)14(16(20,21)22,12-5-2-6-13(24)8-12)11-4-1-3-10(7-11)9-23/h1-8H,9,23-24H2. The number of rotatable bonds is 3. The summed E-state index contributed by atoms with van der Waals surface area (Å²) in [5.74, 6) is 0. The van der Waals surface area contributed by atoms with E-state index in [1.54, 1.807) is 0 Å². The molecule has 0 unspecified atom stereocenters. The van der Waals surface area contributed by atoms with Gasteiger partial charge in [0, 0.05) is 12.2 Å². The average molecular weight is 348 g/mol. The highest BCUT2D eigenvalue weighted by Gasteiger charge is 2.72. The molecule has 8 heteroatoms. The van der Waals surface area contributed by atoms with Crippen LogP contribution in [0.15, 0.2) is 48.5 Å². The first-order valence-corrected chi connectivity index (χ1v) is 6.83. The minimum absolute atomic E-state index is 0.161. The molecule has 0 aliphatic rings. The zero-order valence-corrected chi connectivity index (χ0v) is 12.2. The lowest BCUT2D eigenvalue weighted by Crippen LogP contribution is -2.54. The summed E-state index contributed by atoms with van der Waals surface area (Å²) in [5.41, 5.74) is 4.62. The molecule has 0 spiro atoms. The lowest BCUT2D eigenvalue weighted by atomic mass is 9.72. The van der Waals surface area contributed by atoms with Crippen LogP contribution in [-0.2, 0) is 12.0 Å². The van der Waals surface area contributed by atoms with Crippen molar-refractivity contribution in [3.63, 3.8) is 0 Å². The number of nitrogen functional groups attached to an aromatic ring is 1. The maximum atomic E-state index is 13.8. The Hall–Kier alpha value is -2.22. The number of anilines is 1. The van der Waals surface area contributed by atoms with Crippen molar-refractivity contribution in [3.05, 3.63) is 65.2 Å². The summed E-state index contributed by atoms with van der Waals surface area (Å²) in [6, 6.07) is 7.84. The van der Waals surface area contributed by atoms with Crippen LogP contribution in [0.2, 0.25) is 0 Å². The van der Waals surface area contributed by atoms with Gasteiger partial charge >= 0.3 is 12.4 Å². The molecule has 0 aliphatic carbocycles. The van der Waals surface area contributed by atoms with Crippen LogP contribution < -0.4 is 11.5 Å². The molecule has 0 aliphatic heterocycles. The number of alkyl halides is 6. The Balaban J connectivity index is 2.92. The lowest BCUT2D eigenvalue weighted by Gasteiger charge is -2.38. The molecule has 0 radical (unpaired) electrons. The van der Waals surface area contributed by atoms with Gasteiger partial charge in [-0.3, -0.25) is 0 Å². The van der Waals surface area contributed by atoms with Crippen molar-refractivity contribution >= 4 is 5.69 Å². The van der Waals surface area contributed by atoms with E-state index in [4.69, 9.17) is 11.5 Å². The molecule has 0 aromatic heterocycles. The van der Waals surface area contributed by atoms with Crippen molar-refractivity contribution < 1.29 is 26.3 Å². The van der Waals surface area contributed by atoms with Crippen LogP contribution in [0, 0.1) is 0 Å². The van der Waals surface area contributed by atoms with Gasteiger partial charge in [0.1, 0.15) is 0 Å². The molecular weight excluding hydrogens is 334 g/mol. The highest BCUT2D eigenvalue weighted by molar-refractivity contribution is 5.51. The van der Waals surface area contributed by atoms with Gasteiger partial charge in [0.2, 0.25) is 5.41 Å². The first-order valence-electron chi connectivity index (χ1n) is 6.83. The van der Waals surface area contributed by atoms with Gasteiger partial charge in [-0.25, -0.2) is 0 Å². The minimum Gasteiger partial charge on any atom is -0.399 e. The van der Waals surface area contributed by atoms with Crippen LogP contribution in [0.3, 0.4) is 0 Å². The van der Waals surface area contributed by atoms with E-state index in [1.807, 2.05) is 0 Å². The second kappa shape index (κ2) is 6.01. The smallest absolute Gasteiger partial charge is 0.399 e. The largest absolute Gasteiger partial charge is 0.411 e. The molecule has 4 N–H and O–H groups in total. The van der Waals surface area contributed by atoms with Crippen molar-refractivity contribution in [2.24, 2.45) is 5.73 Å². The van der Waals surface area contributed by atoms with Gasteiger partial charge in [-0.2, -0.15) is 26.3 Å². The summed E-state index contributed by atoms with van der Waals surface area (Å²) in [6.07, 6.45) is -11.3. The molecule has 0 fully saturated rings. The predicted molar refractivity (Wildman–Crippen MR) is 78.1 cm³/mol. The van der Waals surface area contributed by atoms with Crippen molar-refractivity contribution in [2.45, 2.75) is 24.3 Å². The molecular formula is C16H14F6N2. The van der Waals surface area contributed by atoms with E-state index in [2.05, 4.69) is 0 Å². The number of halogens is 6. The Morgan fingerprint density at radius 2 is 1.25 bits per heavy atom. The first-order chi connectivity index (χ1) is 11.0. The molecule has 0 amide bonds. The van der Waals surface area contributed by atoms with Crippen molar-refractivity contribution in [1.82, 2.24) is 0 Å². The van der Waals surface area contributed by atoms with Crippen molar-refractivity contribution in [1.29, 1.82) is 0 Å². The van der Waals surface area contributed by atoms with Gasteiger partial charge in [0.25, 0.3) is 0 Å². The Bertz CT molecular complexity index is 707. The molecule has 0 saturated heterocycles.